The molecule has 0 amide bonds. The topological polar surface area (TPSA) is 104 Å². The van der Waals surface area contributed by atoms with Crippen LogP contribution in [0.1, 0.15) is 6.92 Å². The van der Waals surface area contributed by atoms with E-state index < -0.39 is 34.8 Å². The van der Waals surface area contributed by atoms with Crippen molar-refractivity contribution < 1.29 is 27.8 Å². The van der Waals surface area contributed by atoms with E-state index in [0.717, 1.165) is 13.4 Å². The molecule has 0 aliphatic rings. The molecule has 0 spiro atoms. The van der Waals surface area contributed by atoms with Gasteiger partial charge in [0.1, 0.15) is 0 Å². The molecule has 0 aliphatic carbocycles. The van der Waals surface area contributed by atoms with E-state index >= 15 is 0 Å². The van der Waals surface area contributed by atoms with Crippen molar-refractivity contribution >= 4 is 11.8 Å². The van der Waals surface area contributed by atoms with E-state index in [-0.39, 0.29) is 0 Å². The average Bonchev–Trinajstić information content (AvgIpc) is 2.27. The van der Waals surface area contributed by atoms with Gasteiger partial charge < -0.3 is 20.1 Å². The zero-order valence-corrected chi connectivity index (χ0v) is 9.83. The number of nitrogens with zero attached hydrogens (tertiary/aromatic N) is 1. The van der Waals surface area contributed by atoms with Gasteiger partial charge in [-0.1, -0.05) is 0 Å². The van der Waals surface area contributed by atoms with Crippen molar-refractivity contribution in [3.05, 3.63) is 16.7 Å². The highest BCUT2D eigenvalue weighted by Gasteiger charge is 2.58. The molecule has 1 aromatic rings. The lowest BCUT2D eigenvalue weighted by molar-refractivity contribution is -0.193. The molecule has 1 heterocycles. The Morgan fingerprint density at radius 2 is 2.11 bits per heavy atom. The van der Waals surface area contributed by atoms with Gasteiger partial charge in [-0.25, -0.2) is 9.78 Å². The number of H-pyrrole nitrogens is 1. The molecular formula is C9H10F3N3O4. The number of aliphatic carboxylic acids is 1. The van der Waals surface area contributed by atoms with E-state index in [1.165, 1.54) is 0 Å². The van der Waals surface area contributed by atoms with Crippen LogP contribution < -0.4 is 15.6 Å². The fraction of sp³-hybridized carbons (Fsp3) is 0.444. The number of aromatic amines is 1. The molecule has 1 aromatic heterocycles. The van der Waals surface area contributed by atoms with Crippen molar-refractivity contribution in [1.82, 2.24) is 9.97 Å². The highest BCUT2D eigenvalue weighted by Crippen LogP contribution is 2.34. The third kappa shape index (κ3) is 2.61. The average molecular weight is 281 g/mol. The molecule has 0 aromatic carbocycles. The summed E-state index contributed by atoms with van der Waals surface area (Å²) in [7, 11) is 1.04. The number of hydrogen-bond acceptors (Lipinski definition) is 5. The molecule has 0 fully saturated rings. The number of anilines is 1. The smallest absolute Gasteiger partial charge is 0.422 e. The monoisotopic (exact) mass is 281 g/mol. The molecule has 3 N–H and O–H groups in total. The summed E-state index contributed by atoms with van der Waals surface area (Å²) < 4.78 is 42.9. The Morgan fingerprint density at radius 3 is 2.53 bits per heavy atom. The highest BCUT2D eigenvalue weighted by atomic mass is 19.4. The molecule has 19 heavy (non-hydrogen) atoms. The van der Waals surface area contributed by atoms with E-state index in [1.807, 2.05) is 0 Å². The van der Waals surface area contributed by atoms with Crippen LogP contribution in [0.25, 0.3) is 0 Å². The first-order valence-corrected chi connectivity index (χ1v) is 4.83. The van der Waals surface area contributed by atoms with Gasteiger partial charge in [0.2, 0.25) is 11.3 Å². The number of halogens is 3. The number of alkyl halides is 3. The van der Waals surface area contributed by atoms with Crippen LogP contribution in [0.4, 0.5) is 19.0 Å². The first-order valence-electron chi connectivity index (χ1n) is 4.83. The molecule has 106 valence electrons. The van der Waals surface area contributed by atoms with Crippen LogP contribution in [0.15, 0.2) is 11.1 Å². The second kappa shape index (κ2) is 4.78. The van der Waals surface area contributed by atoms with Crippen molar-refractivity contribution in [2.45, 2.75) is 18.6 Å². The summed E-state index contributed by atoms with van der Waals surface area (Å²) >= 11 is 0. The van der Waals surface area contributed by atoms with Crippen LogP contribution in [-0.2, 0) is 4.79 Å². The SMILES string of the molecule is COc1c(NC(C)(C(=O)O)C(F)(F)F)nc[nH]c1=O. The Balaban J connectivity index is 3.30. The second-order valence-corrected chi connectivity index (χ2v) is 3.67. The Labute approximate surface area is 104 Å². The fourth-order valence-electron chi connectivity index (χ4n) is 1.15. The molecule has 0 saturated heterocycles. The van der Waals surface area contributed by atoms with Crippen LogP contribution in [0.2, 0.25) is 0 Å². The summed E-state index contributed by atoms with van der Waals surface area (Å²) in [6, 6.07) is 0. The Bertz CT molecular complexity index is 542. The minimum Gasteiger partial charge on any atom is -0.489 e. The van der Waals surface area contributed by atoms with E-state index in [1.54, 1.807) is 5.32 Å². The van der Waals surface area contributed by atoms with Crippen molar-refractivity contribution in [2.24, 2.45) is 0 Å². The number of rotatable bonds is 4. The summed E-state index contributed by atoms with van der Waals surface area (Å²) in [5.74, 6) is -3.32. The van der Waals surface area contributed by atoms with Crippen molar-refractivity contribution in [1.29, 1.82) is 0 Å². The van der Waals surface area contributed by atoms with Crippen molar-refractivity contribution in [2.75, 3.05) is 12.4 Å². The lowest BCUT2D eigenvalue weighted by Crippen LogP contribution is -2.56. The van der Waals surface area contributed by atoms with Gasteiger partial charge in [-0.3, -0.25) is 4.79 Å². The summed E-state index contributed by atoms with van der Waals surface area (Å²) in [4.78, 5) is 27.6. The lowest BCUT2D eigenvalue weighted by Gasteiger charge is -2.29. The highest BCUT2D eigenvalue weighted by molar-refractivity contribution is 5.83. The molecule has 10 heteroatoms. The molecule has 0 radical (unpaired) electrons. The Morgan fingerprint density at radius 1 is 1.53 bits per heavy atom. The molecular weight excluding hydrogens is 271 g/mol. The minimum atomic E-state index is -5.10. The van der Waals surface area contributed by atoms with E-state index in [9.17, 15) is 22.8 Å². The maximum Gasteiger partial charge on any atom is 0.422 e. The van der Waals surface area contributed by atoms with Gasteiger partial charge >= 0.3 is 12.1 Å². The van der Waals surface area contributed by atoms with Crippen LogP contribution in [0.5, 0.6) is 5.75 Å². The largest absolute Gasteiger partial charge is 0.489 e. The predicted molar refractivity (Wildman–Crippen MR) is 57.1 cm³/mol. The Hall–Kier alpha value is -2.26. The molecule has 0 saturated carbocycles. The Kier molecular flexibility index (Phi) is 3.73. The first-order chi connectivity index (χ1) is 8.63. The minimum absolute atomic E-state index is 0.414. The van der Waals surface area contributed by atoms with Crippen LogP contribution >= 0.6 is 0 Å². The van der Waals surface area contributed by atoms with Gasteiger partial charge in [0.05, 0.1) is 13.4 Å². The van der Waals surface area contributed by atoms with E-state index in [0.29, 0.717) is 6.92 Å². The number of ether oxygens (including phenoxy) is 1. The molecule has 1 atom stereocenters. The van der Waals surface area contributed by atoms with Gasteiger partial charge in [0, 0.05) is 0 Å². The zero-order valence-electron chi connectivity index (χ0n) is 9.83. The first kappa shape index (κ1) is 14.8. The summed E-state index contributed by atoms with van der Waals surface area (Å²) in [6.07, 6.45) is -4.28. The zero-order chi connectivity index (χ0) is 14.8. The van der Waals surface area contributed by atoms with Gasteiger partial charge in [-0.05, 0) is 6.92 Å². The van der Waals surface area contributed by atoms with Gasteiger partial charge in [0.15, 0.2) is 5.82 Å². The number of carboxylic acid groups (broad SMARTS) is 1. The summed E-state index contributed by atoms with van der Waals surface area (Å²) in [5, 5.41) is 10.4. The van der Waals surface area contributed by atoms with Crippen LogP contribution in [-0.4, -0.2) is 39.9 Å². The maximum atomic E-state index is 12.8. The number of aromatic nitrogens is 2. The van der Waals surface area contributed by atoms with Crippen LogP contribution in [0, 0.1) is 0 Å². The summed E-state index contributed by atoms with van der Waals surface area (Å²) in [6.45, 7) is 0.414. The van der Waals surface area contributed by atoms with Crippen molar-refractivity contribution in [3.8, 4) is 5.75 Å². The third-order valence-electron chi connectivity index (χ3n) is 2.38. The lowest BCUT2D eigenvalue weighted by atomic mass is 10.0. The van der Waals surface area contributed by atoms with E-state index in [4.69, 9.17) is 5.11 Å². The molecule has 0 bridgehead atoms. The normalized spacial score (nSPS) is 14.6. The predicted octanol–water partition coefficient (Wildman–Crippen LogP) is 0.596. The quantitative estimate of drug-likeness (QED) is 0.746. The molecule has 1 rings (SSSR count). The van der Waals surface area contributed by atoms with E-state index in [2.05, 4.69) is 14.7 Å². The van der Waals surface area contributed by atoms with Crippen molar-refractivity contribution in [3.63, 3.8) is 0 Å². The van der Waals surface area contributed by atoms with Gasteiger partial charge in [0.25, 0.3) is 5.56 Å². The maximum absolute atomic E-state index is 12.8. The molecule has 0 aliphatic heterocycles. The second-order valence-electron chi connectivity index (χ2n) is 3.67. The number of carboxylic acids is 1. The number of nitrogens with one attached hydrogen (secondary N) is 2. The number of methoxy groups -OCH3 is 1. The molecule has 1 unspecified atom stereocenters. The molecule has 7 nitrogen and oxygen atoms in total. The van der Waals surface area contributed by atoms with Gasteiger partial charge in [-0.15, -0.1) is 0 Å². The number of hydrogen-bond donors (Lipinski definition) is 3. The summed E-state index contributed by atoms with van der Waals surface area (Å²) in [5.41, 5.74) is -4.14. The fourth-order valence-corrected chi connectivity index (χ4v) is 1.15. The third-order valence-corrected chi connectivity index (χ3v) is 2.38. The number of carbonyl (C=O) groups is 1. The van der Waals surface area contributed by atoms with Gasteiger partial charge in [-0.2, -0.15) is 13.2 Å². The van der Waals surface area contributed by atoms with Crippen LogP contribution in [0.3, 0.4) is 0 Å². The standard InChI is InChI=1S/C9H10F3N3O4/c1-8(7(17)18,9(10,11)12)15-5-4(19-2)6(16)14-3-13-5/h3H,1-2H3,(H,17,18)(H2,13,14,15,16).